The van der Waals surface area contributed by atoms with Crippen molar-refractivity contribution < 1.29 is 14.3 Å². The minimum Gasteiger partial charge on any atom is -0.452 e. The van der Waals surface area contributed by atoms with Crippen molar-refractivity contribution in [3.05, 3.63) is 82.7 Å². The van der Waals surface area contributed by atoms with Crippen molar-refractivity contribution in [1.82, 2.24) is 15.1 Å². The molecule has 6 heteroatoms. The highest BCUT2D eigenvalue weighted by Gasteiger charge is 2.21. The van der Waals surface area contributed by atoms with Gasteiger partial charge in [-0.15, -0.1) is 0 Å². The summed E-state index contributed by atoms with van der Waals surface area (Å²) in [4.78, 5) is 24.5. The number of hydrogen-bond donors (Lipinski definition) is 1. The average molecular weight is 377 g/mol. The molecular formula is C22H23N3O3. The van der Waals surface area contributed by atoms with Gasteiger partial charge in [-0.25, -0.2) is 9.48 Å². The van der Waals surface area contributed by atoms with Gasteiger partial charge < -0.3 is 10.1 Å². The van der Waals surface area contributed by atoms with E-state index >= 15 is 0 Å². The van der Waals surface area contributed by atoms with E-state index in [4.69, 9.17) is 4.74 Å². The van der Waals surface area contributed by atoms with Crippen LogP contribution in [0.2, 0.25) is 0 Å². The number of esters is 1. The van der Waals surface area contributed by atoms with Gasteiger partial charge in [-0.3, -0.25) is 4.79 Å². The summed E-state index contributed by atoms with van der Waals surface area (Å²) in [6.07, 6.45) is 0. The molecular weight excluding hydrogens is 354 g/mol. The first-order valence-corrected chi connectivity index (χ1v) is 9.06. The Kier molecular flexibility index (Phi) is 5.89. The second-order valence-electron chi connectivity index (χ2n) is 6.63. The molecule has 0 bridgehead atoms. The third-order valence-corrected chi connectivity index (χ3v) is 4.44. The smallest absolute Gasteiger partial charge is 0.342 e. The molecule has 0 unspecified atom stereocenters. The van der Waals surface area contributed by atoms with Gasteiger partial charge in [0.05, 0.1) is 17.1 Å². The van der Waals surface area contributed by atoms with E-state index in [0.29, 0.717) is 23.5 Å². The minimum absolute atomic E-state index is 0.333. The van der Waals surface area contributed by atoms with Crippen molar-refractivity contribution in [3.63, 3.8) is 0 Å². The summed E-state index contributed by atoms with van der Waals surface area (Å²) < 4.78 is 6.90. The Labute approximate surface area is 164 Å². The van der Waals surface area contributed by atoms with Crippen LogP contribution >= 0.6 is 0 Å². The lowest BCUT2D eigenvalue weighted by atomic mass is 10.1. The molecule has 1 N–H and O–H groups in total. The van der Waals surface area contributed by atoms with E-state index in [0.717, 1.165) is 16.8 Å². The number of para-hydroxylation sites is 1. The number of amides is 1. The highest BCUT2D eigenvalue weighted by atomic mass is 16.5. The zero-order valence-electron chi connectivity index (χ0n) is 16.2. The molecule has 1 amide bonds. The SMILES string of the molecule is Cc1ccc(CNC(=O)COC(=O)c2c(C)nn(-c3ccccc3)c2C)cc1. The number of carbonyl (C=O) groups is 2. The van der Waals surface area contributed by atoms with Crippen molar-refractivity contribution in [2.24, 2.45) is 0 Å². The van der Waals surface area contributed by atoms with Crippen LogP contribution in [0.25, 0.3) is 5.69 Å². The summed E-state index contributed by atoms with van der Waals surface area (Å²) in [5.41, 5.74) is 4.63. The van der Waals surface area contributed by atoms with Crippen LogP contribution in [0.1, 0.15) is 32.9 Å². The fourth-order valence-electron chi connectivity index (χ4n) is 2.92. The molecule has 0 radical (unpaired) electrons. The van der Waals surface area contributed by atoms with Gasteiger partial charge >= 0.3 is 5.97 Å². The van der Waals surface area contributed by atoms with E-state index in [9.17, 15) is 9.59 Å². The van der Waals surface area contributed by atoms with E-state index < -0.39 is 5.97 Å². The first-order chi connectivity index (χ1) is 13.5. The number of aromatic nitrogens is 2. The van der Waals surface area contributed by atoms with Gasteiger partial charge in [-0.2, -0.15) is 5.10 Å². The number of hydrogen-bond acceptors (Lipinski definition) is 4. The molecule has 3 rings (SSSR count). The normalized spacial score (nSPS) is 10.5. The number of carbonyl (C=O) groups excluding carboxylic acids is 2. The lowest BCUT2D eigenvalue weighted by molar-refractivity contribution is -0.124. The number of ether oxygens (including phenoxy) is 1. The van der Waals surface area contributed by atoms with Gasteiger partial charge in [-0.05, 0) is 38.5 Å². The highest BCUT2D eigenvalue weighted by molar-refractivity contribution is 5.93. The minimum atomic E-state index is -0.553. The molecule has 0 atom stereocenters. The molecule has 6 nitrogen and oxygen atoms in total. The number of aryl methyl sites for hydroxylation is 2. The maximum atomic E-state index is 12.5. The van der Waals surface area contributed by atoms with Crippen LogP contribution in [-0.2, 0) is 16.1 Å². The first-order valence-electron chi connectivity index (χ1n) is 9.06. The van der Waals surface area contributed by atoms with Crippen LogP contribution in [0, 0.1) is 20.8 Å². The maximum absolute atomic E-state index is 12.5. The molecule has 0 saturated carbocycles. The predicted molar refractivity (Wildman–Crippen MR) is 106 cm³/mol. The van der Waals surface area contributed by atoms with Crippen molar-refractivity contribution >= 4 is 11.9 Å². The molecule has 0 saturated heterocycles. The number of nitrogens with zero attached hydrogens (tertiary/aromatic N) is 2. The number of nitrogens with one attached hydrogen (secondary N) is 1. The van der Waals surface area contributed by atoms with Crippen LogP contribution in [-0.4, -0.2) is 28.3 Å². The standard InChI is InChI=1S/C22H23N3O3/c1-15-9-11-18(12-10-15)13-23-20(26)14-28-22(27)21-16(2)24-25(17(21)3)19-7-5-4-6-8-19/h4-12H,13-14H2,1-3H3,(H,23,26). The predicted octanol–water partition coefficient (Wildman–Crippen LogP) is 3.27. The maximum Gasteiger partial charge on any atom is 0.342 e. The molecule has 0 fully saturated rings. The zero-order valence-corrected chi connectivity index (χ0v) is 16.2. The molecule has 0 aliphatic rings. The lowest BCUT2D eigenvalue weighted by Crippen LogP contribution is -2.28. The molecule has 2 aromatic carbocycles. The summed E-state index contributed by atoms with van der Waals surface area (Å²) in [5, 5.41) is 7.18. The van der Waals surface area contributed by atoms with Crippen LogP contribution in [0.15, 0.2) is 54.6 Å². The quantitative estimate of drug-likeness (QED) is 0.669. The summed E-state index contributed by atoms with van der Waals surface area (Å²) in [7, 11) is 0. The number of rotatable bonds is 6. The lowest BCUT2D eigenvalue weighted by Gasteiger charge is -2.08. The van der Waals surface area contributed by atoms with Gasteiger partial charge in [0.15, 0.2) is 6.61 Å². The van der Waals surface area contributed by atoms with Gasteiger partial charge in [-0.1, -0.05) is 48.0 Å². The second-order valence-corrected chi connectivity index (χ2v) is 6.63. The van der Waals surface area contributed by atoms with Gasteiger partial charge in [0, 0.05) is 6.54 Å². The Balaban J connectivity index is 1.59. The Morgan fingerprint density at radius 3 is 2.36 bits per heavy atom. The summed E-state index contributed by atoms with van der Waals surface area (Å²) >= 11 is 0. The van der Waals surface area contributed by atoms with Crippen LogP contribution in [0.5, 0.6) is 0 Å². The summed E-state index contributed by atoms with van der Waals surface area (Å²) in [5.74, 6) is -0.901. The molecule has 1 heterocycles. The molecule has 0 aliphatic carbocycles. The summed E-state index contributed by atoms with van der Waals surface area (Å²) in [6, 6.07) is 17.4. The Morgan fingerprint density at radius 2 is 1.68 bits per heavy atom. The van der Waals surface area contributed by atoms with Crippen molar-refractivity contribution in [1.29, 1.82) is 0 Å². The van der Waals surface area contributed by atoms with Crippen molar-refractivity contribution in [2.45, 2.75) is 27.3 Å². The monoisotopic (exact) mass is 377 g/mol. The zero-order chi connectivity index (χ0) is 20.1. The average Bonchev–Trinajstić information content (AvgIpc) is 3.00. The first kappa shape index (κ1) is 19.4. The molecule has 0 aliphatic heterocycles. The van der Waals surface area contributed by atoms with Crippen molar-refractivity contribution in [3.8, 4) is 5.69 Å². The Bertz CT molecular complexity index is 976. The molecule has 3 aromatic rings. The van der Waals surface area contributed by atoms with Gasteiger partial charge in [0.25, 0.3) is 5.91 Å². The van der Waals surface area contributed by atoms with E-state index in [1.165, 1.54) is 0 Å². The van der Waals surface area contributed by atoms with E-state index in [2.05, 4.69) is 10.4 Å². The second kappa shape index (κ2) is 8.52. The van der Waals surface area contributed by atoms with Crippen LogP contribution in [0.4, 0.5) is 0 Å². The Hall–Kier alpha value is -3.41. The van der Waals surface area contributed by atoms with Gasteiger partial charge in [0.1, 0.15) is 5.56 Å². The third-order valence-electron chi connectivity index (χ3n) is 4.44. The molecule has 144 valence electrons. The molecule has 28 heavy (non-hydrogen) atoms. The highest BCUT2D eigenvalue weighted by Crippen LogP contribution is 2.18. The molecule has 0 spiro atoms. The molecule has 1 aromatic heterocycles. The fraction of sp³-hybridized carbons (Fsp3) is 0.227. The van der Waals surface area contributed by atoms with Crippen LogP contribution in [0.3, 0.4) is 0 Å². The van der Waals surface area contributed by atoms with Crippen molar-refractivity contribution in [2.75, 3.05) is 6.61 Å². The van der Waals surface area contributed by atoms with E-state index in [1.807, 2.05) is 61.5 Å². The van der Waals surface area contributed by atoms with Crippen LogP contribution < -0.4 is 5.32 Å². The third kappa shape index (κ3) is 4.46. The van der Waals surface area contributed by atoms with E-state index in [1.54, 1.807) is 18.5 Å². The fourth-order valence-corrected chi connectivity index (χ4v) is 2.92. The largest absolute Gasteiger partial charge is 0.452 e. The summed E-state index contributed by atoms with van der Waals surface area (Å²) in [6.45, 7) is 5.62. The van der Waals surface area contributed by atoms with Gasteiger partial charge in [0.2, 0.25) is 0 Å². The Morgan fingerprint density at radius 1 is 1.00 bits per heavy atom. The van der Waals surface area contributed by atoms with E-state index in [-0.39, 0.29) is 12.5 Å². The topological polar surface area (TPSA) is 73.2 Å². The number of benzene rings is 2.